The SMILES string of the molecule is CCCCCCCCCC(N)C(=O)NNC(=O)OC(C)(C)C. The van der Waals surface area contributed by atoms with Gasteiger partial charge in [-0.05, 0) is 27.2 Å². The first kappa shape index (κ1) is 20.7. The monoisotopic (exact) mass is 315 g/mol. The van der Waals surface area contributed by atoms with Crippen molar-refractivity contribution in [1.82, 2.24) is 10.9 Å². The standard InChI is InChI=1S/C16H33N3O3/c1-5-6-7-8-9-10-11-12-13(17)14(20)18-19-15(21)22-16(2,3)4/h13H,5-12,17H2,1-4H3,(H,18,20)(H,19,21). The minimum atomic E-state index is -0.691. The van der Waals surface area contributed by atoms with E-state index in [1.54, 1.807) is 20.8 Å². The van der Waals surface area contributed by atoms with Gasteiger partial charge in [-0.1, -0.05) is 51.9 Å². The van der Waals surface area contributed by atoms with Crippen molar-refractivity contribution >= 4 is 12.0 Å². The highest BCUT2D eigenvalue weighted by atomic mass is 16.6. The van der Waals surface area contributed by atoms with Crippen LogP contribution in [-0.4, -0.2) is 23.6 Å². The molecular formula is C16H33N3O3. The molecular weight excluding hydrogens is 282 g/mol. The molecule has 22 heavy (non-hydrogen) atoms. The molecule has 0 saturated carbocycles. The van der Waals surface area contributed by atoms with E-state index in [4.69, 9.17) is 10.5 Å². The molecule has 0 saturated heterocycles. The van der Waals surface area contributed by atoms with E-state index in [0.29, 0.717) is 6.42 Å². The largest absolute Gasteiger partial charge is 0.443 e. The molecule has 0 aromatic carbocycles. The third-order valence-electron chi connectivity index (χ3n) is 3.14. The number of nitrogens with one attached hydrogen (secondary N) is 2. The average Bonchev–Trinajstić information content (AvgIpc) is 2.41. The number of unbranched alkanes of at least 4 members (excludes halogenated alkanes) is 6. The molecule has 130 valence electrons. The van der Waals surface area contributed by atoms with E-state index in [1.807, 2.05) is 0 Å². The van der Waals surface area contributed by atoms with Gasteiger partial charge in [0.15, 0.2) is 0 Å². The predicted octanol–water partition coefficient (Wildman–Crippen LogP) is 3.01. The maximum Gasteiger partial charge on any atom is 0.426 e. The van der Waals surface area contributed by atoms with Crippen molar-refractivity contribution in [2.45, 2.75) is 90.7 Å². The van der Waals surface area contributed by atoms with Crippen molar-refractivity contribution in [3.63, 3.8) is 0 Å². The molecule has 0 aliphatic carbocycles. The zero-order valence-electron chi connectivity index (χ0n) is 14.5. The number of rotatable bonds is 9. The number of hydrogen-bond donors (Lipinski definition) is 3. The summed E-state index contributed by atoms with van der Waals surface area (Å²) < 4.78 is 5.01. The lowest BCUT2D eigenvalue weighted by Crippen LogP contribution is -2.50. The molecule has 6 heteroatoms. The fourth-order valence-corrected chi connectivity index (χ4v) is 1.96. The summed E-state index contributed by atoms with van der Waals surface area (Å²) in [5.41, 5.74) is 9.68. The minimum Gasteiger partial charge on any atom is -0.443 e. The molecule has 0 radical (unpaired) electrons. The van der Waals surface area contributed by atoms with Gasteiger partial charge >= 0.3 is 6.09 Å². The molecule has 0 rings (SSSR count). The molecule has 0 heterocycles. The predicted molar refractivity (Wildman–Crippen MR) is 88.1 cm³/mol. The molecule has 2 amide bonds. The number of ether oxygens (including phenoxy) is 1. The van der Waals surface area contributed by atoms with Gasteiger partial charge < -0.3 is 10.5 Å². The summed E-state index contributed by atoms with van der Waals surface area (Å²) in [6.07, 6.45) is 8.19. The van der Waals surface area contributed by atoms with Gasteiger partial charge in [-0.25, -0.2) is 10.2 Å². The van der Waals surface area contributed by atoms with Crippen LogP contribution in [-0.2, 0) is 9.53 Å². The molecule has 0 fully saturated rings. The molecule has 0 aromatic heterocycles. The highest BCUT2D eigenvalue weighted by Crippen LogP contribution is 2.09. The van der Waals surface area contributed by atoms with Crippen molar-refractivity contribution in [2.24, 2.45) is 5.73 Å². The summed E-state index contributed by atoms with van der Waals surface area (Å²) in [4.78, 5) is 23.1. The minimum absolute atomic E-state index is 0.392. The molecule has 0 aromatic rings. The van der Waals surface area contributed by atoms with Gasteiger partial charge in [0.2, 0.25) is 0 Å². The van der Waals surface area contributed by atoms with Crippen LogP contribution in [0.1, 0.15) is 79.1 Å². The van der Waals surface area contributed by atoms with Gasteiger partial charge in [0.25, 0.3) is 5.91 Å². The third kappa shape index (κ3) is 12.4. The second kappa shape index (κ2) is 11.3. The van der Waals surface area contributed by atoms with E-state index in [9.17, 15) is 9.59 Å². The Morgan fingerprint density at radius 3 is 2.09 bits per heavy atom. The fourth-order valence-electron chi connectivity index (χ4n) is 1.96. The summed E-state index contributed by atoms with van der Waals surface area (Å²) in [6.45, 7) is 7.45. The quantitative estimate of drug-likeness (QED) is 0.450. The first-order chi connectivity index (χ1) is 10.3. The van der Waals surface area contributed by atoms with E-state index in [0.717, 1.165) is 12.8 Å². The Labute approximate surface area is 134 Å². The van der Waals surface area contributed by atoms with Crippen LogP contribution in [0.15, 0.2) is 0 Å². The first-order valence-electron chi connectivity index (χ1n) is 8.30. The van der Waals surface area contributed by atoms with Crippen molar-refractivity contribution in [3.05, 3.63) is 0 Å². The van der Waals surface area contributed by atoms with Crippen molar-refractivity contribution in [2.75, 3.05) is 0 Å². The summed E-state index contributed by atoms with van der Waals surface area (Å²) in [6, 6.07) is -0.606. The van der Waals surface area contributed by atoms with Crippen LogP contribution in [0.2, 0.25) is 0 Å². The molecule has 0 aliphatic rings. The van der Waals surface area contributed by atoms with Crippen molar-refractivity contribution < 1.29 is 14.3 Å². The zero-order valence-corrected chi connectivity index (χ0v) is 14.5. The lowest BCUT2D eigenvalue weighted by Gasteiger charge is -2.20. The lowest BCUT2D eigenvalue weighted by atomic mass is 10.1. The number of hydrazine groups is 1. The Bertz CT molecular complexity index is 327. The molecule has 0 bridgehead atoms. The van der Waals surface area contributed by atoms with Crippen LogP contribution in [0, 0.1) is 0 Å². The number of carbonyl (C=O) groups excluding carboxylic acids is 2. The Hall–Kier alpha value is -1.30. The number of amides is 2. The van der Waals surface area contributed by atoms with Crippen LogP contribution in [0.3, 0.4) is 0 Å². The molecule has 4 N–H and O–H groups in total. The summed E-state index contributed by atoms with van der Waals surface area (Å²) in [5.74, 6) is -0.392. The molecule has 0 spiro atoms. The Morgan fingerprint density at radius 1 is 1.00 bits per heavy atom. The van der Waals surface area contributed by atoms with Crippen molar-refractivity contribution in [3.8, 4) is 0 Å². The number of nitrogens with two attached hydrogens (primary N) is 1. The van der Waals surface area contributed by atoms with Crippen LogP contribution in [0.5, 0.6) is 0 Å². The van der Waals surface area contributed by atoms with Crippen LogP contribution in [0.4, 0.5) is 4.79 Å². The Balaban J connectivity index is 3.69. The maximum absolute atomic E-state index is 11.7. The smallest absolute Gasteiger partial charge is 0.426 e. The second-order valence-corrected chi connectivity index (χ2v) is 6.63. The summed E-state index contributed by atoms with van der Waals surface area (Å²) >= 11 is 0. The van der Waals surface area contributed by atoms with Crippen molar-refractivity contribution in [1.29, 1.82) is 0 Å². The van der Waals surface area contributed by atoms with Gasteiger partial charge in [-0.3, -0.25) is 10.2 Å². The Kier molecular flexibility index (Phi) is 10.6. The average molecular weight is 315 g/mol. The van der Waals surface area contributed by atoms with E-state index in [2.05, 4.69) is 17.8 Å². The second-order valence-electron chi connectivity index (χ2n) is 6.63. The van der Waals surface area contributed by atoms with E-state index >= 15 is 0 Å². The molecule has 1 unspecified atom stereocenters. The maximum atomic E-state index is 11.7. The lowest BCUT2D eigenvalue weighted by molar-refractivity contribution is -0.123. The number of carbonyl (C=O) groups is 2. The van der Waals surface area contributed by atoms with Gasteiger partial charge in [0, 0.05) is 0 Å². The topological polar surface area (TPSA) is 93.5 Å². The van der Waals surface area contributed by atoms with Gasteiger partial charge in [0.1, 0.15) is 5.60 Å². The highest BCUT2D eigenvalue weighted by molar-refractivity contribution is 5.83. The van der Waals surface area contributed by atoms with Crippen LogP contribution in [0.25, 0.3) is 0 Å². The van der Waals surface area contributed by atoms with E-state index in [1.165, 1.54) is 32.1 Å². The van der Waals surface area contributed by atoms with Crippen LogP contribution < -0.4 is 16.6 Å². The summed E-state index contributed by atoms with van der Waals surface area (Å²) in [5, 5.41) is 0. The first-order valence-corrected chi connectivity index (χ1v) is 8.30. The summed E-state index contributed by atoms with van der Waals surface area (Å²) in [7, 11) is 0. The van der Waals surface area contributed by atoms with E-state index in [-0.39, 0.29) is 0 Å². The Morgan fingerprint density at radius 2 is 1.55 bits per heavy atom. The van der Waals surface area contributed by atoms with Gasteiger partial charge in [-0.2, -0.15) is 0 Å². The zero-order chi connectivity index (χ0) is 17.0. The van der Waals surface area contributed by atoms with Crippen LogP contribution >= 0.6 is 0 Å². The van der Waals surface area contributed by atoms with E-state index < -0.39 is 23.6 Å². The molecule has 6 nitrogen and oxygen atoms in total. The molecule has 1 atom stereocenters. The fraction of sp³-hybridized carbons (Fsp3) is 0.875. The molecule has 0 aliphatic heterocycles. The highest BCUT2D eigenvalue weighted by Gasteiger charge is 2.18. The third-order valence-corrected chi connectivity index (χ3v) is 3.14. The van der Waals surface area contributed by atoms with Gasteiger partial charge in [-0.15, -0.1) is 0 Å². The number of hydrogen-bond acceptors (Lipinski definition) is 4. The van der Waals surface area contributed by atoms with Gasteiger partial charge in [0.05, 0.1) is 6.04 Å². The normalized spacial score (nSPS) is 12.6.